The van der Waals surface area contributed by atoms with E-state index in [4.69, 9.17) is 0 Å². The molecular weight excluding hydrogens is 106 g/mol. The summed E-state index contributed by atoms with van der Waals surface area (Å²) in [6.45, 7) is 3.68. The van der Waals surface area contributed by atoms with Crippen LogP contribution in [0.25, 0.3) is 0 Å². The first kappa shape index (κ1) is 7.43. The Hall–Kier alpha value is -0.570. The van der Waals surface area contributed by atoms with Crippen LogP contribution in [0, 0.1) is 0 Å². The van der Waals surface area contributed by atoms with Gasteiger partial charge in [0.1, 0.15) is 0 Å². The molecular formula is C5H10NO2. The van der Waals surface area contributed by atoms with Crippen molar-refractivity contribution < 1.29 is 9.63 Å². The van der Waals surface area contributed by atoms with Crippen LogP contribution in [0.4, 0.5) is 0 Å². The second-order valence-electron chi connectivity index (χ2n) is 1.69. The number of hydrogen-bond donors (Lipinski definition) is 0. The summed E-state index contributed by atoms with van der Waals surface area (Å²) in [4.78, 5) is 14.4. The van der Waals surface area contributed by atoms with E-state index in [1.807, 2.05) is 13.8 Å². The molecule has 0 unspecified atom stereocenters. The summed E-state index contributed by atoms with van der Waals surface area (Å²) < 4.78 is 0. The van der Waals surface area contributed by atoms with Crippen LogP contribution in [-0.4, -0.2) is 24.6 Å². The number of rotatable bonds is 3. The second-order valence-corrected chi connectivity index (χ2v) is 1.69. The summed E-state index contributed by atoms with van der Waals surface area (Å²) >= 11 is 0. The van der Waals surface area contributed by atoms with E-state index in [0.717, 1.165) is 5.06 Å². The summed E-state index contributed by atoms with van der Waals surface area (Å²) in [5, 5.41) is 1.11. The van der Waals surface area contributed by atoms with Crippen LogP contribution in [0.1, 0.15) is 13.8 Å². The lowest BCUT2D eigenvalue weighted by Gasteiger charge is -2.15. The zero-order chi connectivity index (χ0) is 6.57. The summed E-state index contributed by atoms with van der Waals surface area (Å²) in [5.74, 6) is 0. The molecule has 1 radical (unpaired) electrons. The summed E-state index contributed by atoms with van der Waals surface area (Å²) in [7, 11) is 1.44. The smallest absolute Gasteiger partial charge is 0.274 e. The van der Waals surface area contributed by atoms with Crippen LogP contribution in [-0.2, 0) is 9.63 Å². The third-order valence-corrected chi connectivity index (χ3v) is 0.756. The molecule has 0 aliphatic heterocycles. The molecule has 0 bridgehead atoms. The van der Waals surface area contributed by atoms with Gasteiger partial charge in [-0.15, -0.1) is 0 Å². The van der Waals surface area contributed by atoms with Crippen molar-refractivity contribution in [1.29, 1.82) is 0 Å². The molecule has 0 aromatic heterocycles. The minimum absolute atomic E-state index is 0.0671. The Balaban J connectivity index is 3.51. The molecule has 8 heavy (non-hydrogen) atoms. The third-order valence-electron chi connectivity index (χ3n) is 0.756. The summed E-state index contributed by atoms with van der Waals surface area (Å²) in [6.07, 6.45) is 1.61. The second kappa shape index (κ2) is 3.43. The van der Waals surface area contributed by atoms with Gasteiger partial charge in [-0.3, -0.25) is 9.63 Å². The molecule has 0 rings (SSSR count). The Labute approximate surface area is 49.2 Å². The van der Waals surface area contributed by atoms with E-state index < -0.39 is 0 Å². The fraction of sp³-hybridized carbons (Fsp3) is 0.800. The predicted octanol–water partition coefficient (Wildman–Crippen LogP) is 0.325. The summed E-state index contributed by atoms with van der Waals surface area (Å²) in [6, 6.07) is 0.0671. The van der Waals surface area contributed by atoms with Gasteiger partial charge in [-0.05, 0) is 13.8 Å². The van der Waals surface area contributed by atoms with Gasteiger partial charge in [-0.1, -0.05) is 0 Å². The number of hydrogen-bond acceptors (Lipinski definition) is 2. The minimum Gasteiger partial charge on any atom is -0.274 e. The highest BCUT2D eigenvalue weighted by Gasteiger charge is 2.03. The molecule has 1 amide bonds. The van der Waals surface area contributed by atoms with Crippen LogP contribution >= 0.6 is 0 Å². The van der Waals surface area contributed by atoms with Crippen molar-refractivity contribution in [1.82, 2.24) is 5.06 Å². The van der Waals surface area contributed by atoms with Crippen LogP contribution in [0.15, 0.2) is 0 Å². The van der Waals surface area contributed by atoms with Crippen LogP contribution in [0.5, 0.6) is 0 Å². The molecule has 3 heteroatoms. The maximum atomic E-state index is 9.85. The molecule has 0 aromatic rings. The lowest BCUT2D eigenvalue weighted by Crippen LogP contribution is -2.27. The van der Waals surface area contributed by atoms with Crippen molar-refractivity contribution >= 4 is 6.41 Å². The van der Waals surface area contributed by atoms with Gasteiger partial charge >= 0.3 is 6.41 Å². The molecule has 3 nitrogen and oxygen atoms in total. The van der Waals surface area contributed by atoms with Gasteiger partial charge in [-0.25, -0.2) is 5.06 Å². The predicted molar refractivity (Wildman–Crippen MR) is 29.7 cm³/mol. The highest BCUT2D eigenvalue weighted by molar-refractivity contribution is 5.46. The normalized spacial score (nSPS) is 9.50. The first-order chi connectivity index (χ1) is 3.72. The topological polar surface area (TPSA) is 29.5 Å². The third kappa shape index (κ3) is 1.93. The molecule has 0 atom stereocenters. The quantitative estimate of drug-likeness (QED) is 0.392. The van der Waals surface area contributed by atoms with E-state index in [1.165, 1.54) is 7.11 Å². The van der Waals surface area contributed by atoms with E-state index in [2.05, 4.69) is 4.84 Å². The standard InChI is InChI=1S/C5H10NO2/c1-5(2)6(4-7)8-3/h5H,1-3H3. The largest absolute Gasteiger partial charge is 0.338 e. The monoisotopic (exact) mass is 116 g/mol. The average molecular weight is 116 g/mol. The molecule has 0 aliphatic carbocycles. The van der Waals surface area contributed by atoms with Crippen molar-refractivity contribution in [3.63, 3.8) is 0 Å². The number of amides is 1. The molecule has 0 aliphatic rings. The van der Waals surface area contributed by atoms with Crippen molar-refractivity contribution in [2.45, 2.75) is 19.9 Å². The van der Waals surface area contributed by atoms with Crippen molar-refractivity contribution in [2.75, 3.05) is 7.11 Å². The molecule has 0 spiro atoms. The van der Waals surface area contributed by atoms with Crippen molar-refractivity contribution in [3.05, 3.63) is 0 Å². The highest BCUT2D eigenvalue weighted by Crippen LogP contribution is 1.90. The number of carbonyl (C=O) groups excluding carboxylic acids is 1. The molecule has 0 heterocycles. The fourth-order valence-electron chi connectivity index (χ4n) is 0.353. The zero-order valence-electron chi connectivity index (χ0n) is 5.34. The van der Waals surface area contributed by atoms with Gasteiger partial charge in [0, 0.05) is 0 Å². The Morgan fingerprint density at radius 2 is 2.12 bits per heavy atom. The molecule has 0 saturated heterocycles. The van der Waals surface area contributed by atoms with Gasteiger partial charge in [0.25, 0.3) is 0 Å². The Bertz CT molecular complexity index is 72.8. The zero-order valence-corrected chi connectivity index (χ0v) is 5.34. The molecule has 0 N–H and O–H groups in total. The number of hydroxylamine groups is 2. The van der Waals surface area contributed by atoms with E-state index >= 15 is 0 Å². The SMILES string of the molecule is CON([C]=O)C(C)C. The van der Waals surface area contributed by atoms with E-state index in [9.17, 15) is 4.79 Å². The van der Waals surface area contributed by atoms with Crippen LogP contribution in [0.3, 0.4) is 0 Å². The summed E-state index contributed by atoms with van der Waals surface area (Å²) in [5.41, 5.74) is 0. The Morgan fingerprint density at radius 1 is 1.62 bits per heavy atom. The van der Waals surface area contributed by atoms with Gasteiger partial charge in [0.15, 0.2) is 0 Å². The highest BCUT2D eigenvalue weighted by atomic mass is 16.7. The van der Waals surface area contributed by atoms with Crippen LogP contribution < -0.4 is 0 Å². The maximum Gasteiger partial charge on any atom is 0.338 e. The molecule has 0 fully saturated rings. The van der Waals surface area contributed by atoms with Gasteiger partial charge in [-0.2, -0.15) is 0 Å². The van der Waals surface area contributed by atoms with E-state index in [1.54, 1.807) is 6.41 Å². The average Bonchev–Trinajstić information content (AvgIpc) is 1.69. The van der Waals surface area contributed by atoms with Crippen molar-refractivity contribution in [2.24, 2.45) is 0 Å². The fourth-order valence-corrected chi connectivity index (χ4v) is 0.353. The Morgan fingerprint density at radius 3 is 2.12 bits per heavy atom. The minimum atomic E-state index is 0.0671. The van der Waals surface area contributed by atoms with E-state index in [0.29, 0.717) is 0 Å². The number of nitrogens with zero attached hydrogens (tertiary/aromatic N) is 1. The first-order valence-electron chi connectivity index (χ1n) is 2.43. The Kier molecular flexibility index (Phi) is 3.19. The van der Waals surface area contributed by atoms with E-state index in [-0.39, 0.29) is 6.04 Å². The van der Waals surface area contributed by atoms with Gasteiger partial charge in [0.05, 0.1) is 13.2 Å². The van der Waals surface area contributed by atoms with Crippen molar-refractivity contribution in [3.8, 4) is 0 Å². The lowest BCUT2D eigenvalue weighted by molar-refractivity contribution is -0.0886. The van der Waals surface area contributed by atoms with Gasteiger partial charge < -0.3 is 0 Å². The molecule has 0 aromatic carbocycles. The lowest BCUT2D eigenvalue weighted by atomic mass is 10.4. The molecule has 47 valence electrons. The van der Waals surface area contributed by atoms with Crippen LogP contribution in [0.2, 0.25) is 0 Å². The molecule has 0 saturated carbocycles. The maximum absolute atomic E-state index is 9.85. The van der Waals surface area contributed by atoms with Gasteiger partial charge in [0.2, 0.25) is 0 Å². The first-order valence-corrected chi connectivity index (χ1v) is 2.43.